The first-order chi connectivity index (χ1) is 8.91. The van der Waals surface area contributed by atoms with E-state index in [2.05, 4.69) is 0 Å². The summed E-state index contributed by atoms with van der Waals surface area (Å²) in [5.74, 6) is 0. The van der Waals surface area contributed by atoms with E-state index < -0.39 is 49.2 Å². The van der Waals surface area contributed by atoms with Crippen molar-refractivity contribution in [1.82, 2.24) is 0 Å². The Morgan fingerprint density at radius 2 is 1.42 bits per heavy atom. The van der Waals surface area contributed by atoms with Gasteiger partial charge in [0.05, 0.1) is 13.2 Å². The molecular weight excluding hydrogens is 264 g/mol. The van der Waals surface area contributed by atoms with Crippen molar-refractivity contribution >= 4 is 0 Å². The van der Waals surface area contributed by atoms with Crippen LogP contribution < -0.4 is 0 Å². The van der Waals surface area contributed by atoms with Crippen molar-refractivity contribution < 1.29 is 44.8 Å². The van der Waals surface area contributed by atoms with Crippen molar-refractivity contribution in [2.45, 2.75) is 49.2 Å². The summed E-state index contributed by atoms with van der Waals surface area (Å²) in [4.78, 5) is 0. The van der Waals surface area contributed by atoms with Gasteiger partial charge in [0.25, 0.3) is 0 Å². The third-order valence-corrected chi connectivity index (χ3v) is 3.22. The van der Waals surface area contributed by atoms with Crippen LogP contribution in [0.4, 0.5) is 0 Å². The maximum atomic E-state index is 9.68. The number of ether oxygens (including phenoxy) is 3. The first-order valence-electron chi connectivity index (χ1n) is 5.89. The molecule has 0 aromatic heterocycles. The minimum absolute atomic E-state index is 0.218. The summed E-state index contributed by atoms with van der Waals surface area (Å²) in [6, 6.07) is 0. The van der Waals surface area contributed by atoms with Crippen LogP contribution in [0.25, 0.3) is 0 Å². The Labute approximate surface area is 108 Å². The highest BCUT2D eigenvalue weighted by atomic mass is 16.7. The lowest BCUT2D eigenvalue weighted by atomic mass is 10.0. The van der Waals surface area contributed by atoms with Gasteiger partial charge in [-0.25, -0.2) is 0 Å². The molecule has 9 nitrogen and oxygen atoms in total. The third-order valence-electron chi connectivity index (χ3n) is 3.22. The fraction of sp³-hybridized carbons (Fsp3) is 1.00. The summed E-state index contributed by atoms with van der Waals surface area (Å²) in [6.07, 6.45) is -11.0. The van der Waals surface area contributed by atoms with Gasteiger partial charge in [-0.05, 0) is 0 Å². The van der Waals surface area contributed by atoms with Crippen LogP contribution in [0.15, 0.2) is 0 Å². The van der Waals surface area contributed by atoms with Crippen molar-refractivity contribution in [3.05, 3.63) is 0 Å². The lowest BCUT2D eigenvalue weighted by Crippen LogP contribution is -2.59. The average molecular weight is 282 g/mol. The van der Waals surface area contributed by atoms with E-state index in [0.29, 0.717) is 0 Å². The van der Waals surface area contributed by atoms with Gasteiger partial charge in [-0.15, -0.1) is 0 Å². The highest BCUT2D eigenvalue weighted by Gasteiger charge is 2.44. The second kappa shape index (κ2) is 5.95. The molecule has 0 aliphatic carbocycles. The van der Waals surface area contributed by atoms with Gasteiger partial charge in [-0.2, -0.15) is 0 Å². The minimum Gasteiger partial charge on any atom is -0.388 e. The molecule has 9 heteroatoms. The average Bonchev–Trinajstić information content (AvgIpc) is 2.39. The maximum Gasteiger partial charge on any atom is 0.186 e. The molecule has 2 saturated heterocycles. The van der Waals surface area contributed by atoms with Crippen LogP contribution in [0.1, 0.15) is 0 Å². The Kier molecular flexibility index (Phi) is 4.71. The molecule has 2 aliphatic rings. The van der Waals surface area contributed by atoms with E-state index in [1.54, 1.807) is 0 Å². The van der Waals surface area contributed by atoms with Crippen LogP contribution in [0.3, 0.4) is 0 Å². The van der Waals surface area contributed by atoms with Crippen molar-refractivity contribution in [3.63, 3.8) is 0 Å². The van der Waals surface area contributed by atoms with Crippen molar-refractivity contribution in [3.8, 4) is 0 Å². The van der Waals surface area contributed by atoms with Gasteiger partial charge in [-0.3, -0.25) is 0 Å². The van der Waals surface area contributed by atoms with Crippen LogP contribution >= 0.6 is 0 Å². The molecule has 0 aromatic carbocycles. The lowest BCUT2D eigenvalue weighted by molar-refractivity contribution is -0.323. The molecule has 19 heavy (non-hydrogen) atoms. The summed E-state index contributed by atoms with van der Waals surface area (Å²) in [6.45, 7) is -0.456. The van der Waals surface area contributed by atoms with E-state index in [0.717, 1.165) is 0 Å². The summed E-state index contributed by atoms with van der Waals surface area (Å²) in [7, 11) is 0. The zero-order valence-corrected chi connectivity index (χ0v) is 9.94. The van der Waals surface area contributed by atoms with Crippen LogP contribution in [0.2, 0.25) is 0 Å². The summed E-state index contributed by atoms with van der Waals surface area (Å²) in [5, 5.41) is 56.6. The Morgan fingerprint density at radius 1 is 0.737 bits per heavy atom. The van der Waals surface area contributed by atoms with Gasteiger partial charge < -0.3 is 44.8 Å². The van der Waals surface area contributed by atoms with E-state index in [1.165, 1.54) is 0 Å². The Hall–Kier alpha value is -0.360. The second-order valence-corrected chi connectivity index (χ2v) is 4.63. The standard InChI is InChI=1S/C10H18O9/c11-3-1-18-10(8(15)5(3)12)19-4-2-17-9(16)7(14)6(4)13/h3-16H,1-2H2/t3-,4+,5-,6+,7+,8?,9?,10?/m1/s1. The Morgan fingerprint density at radius 3 is 2.11 bits per heavy atom. The zero-order chi connectivity index (χ0) is 14.2. The lowest BCUT2D eigenvalue weighted by Gasteiger charge is -2.40. The largest absolute Gasteiger partial charge is 0.388 e. The molecule has 0 spiro atoms. The summed E-state index contributed by atoms with van der Waals surface area (Å²) >= 11 is 0. The molecule has 112 valence electrons. The van der Waals surface area contributed by atoms with Crippen molar-refractivity contribution in [1.29, 1.82) is 0 Å². The summed E-state index contributed by atoms with van der Waals surface area (Å²) < 4.78 is 15.0. The van der Waals surface area contributed by atoms with Gasteiger partial charge in [-0.1, -0.05) is 0 Å². The molecule has 2 fully saturated rings. The predicted molar refractivity (Wildman–Crippen MR) is 56.6 cm³/mol. The topological polar surface area (TPSA) is 149 Å². The maximum absolute atomic E-state index is 9.68. The smallest absolute Gasteiger partial charge is 0.186 e. The van der Waals surface area contributed by atoms with Gasteiger partial charge in [0.2, 0.25) is 0 Å². The molecule has 6 N–H and O–H groups in total. The van der Waals surface area contributed by atoms with Gasteiger partial charge in [0.15, 0.2) is 12.6 Å². The van der Waals surface area contributed by atoms with Crippen LogP contribution in [0.5, 0.6) is 0 Å². The number of rotatable bonds is 2. The molecule has 0 saturated carbocycles. The van der Waals surface area contributed by atoms with Gasteiger partial charge in [0.1, 0.15) is 36.6 Å². The SMILES string of the molecule is OC1OC[C@H](OC2OC[C@@H](O)[C@@H](O)C2O)[C@H](O)[C@@H]1O. The van der Waals surface area contributed by atoms with Crippen LogP contribution in [-0.2, 0) is 14.2 Å². The minimum atomic E-state index is -1.55. The fourth-order valence-electron chi connectivity index (χ4n) is 1.97. The summed E-state index contributed by atoms with van der Waals surface area (Å²) in [5.41, 5.74) is 0. The van der Waals surface area contributed by atoms with Crippen molar-refractivity contribution in [2.75, 3.05) is 13.2 Å². The van der Waals surface area contributed by atoms with Gasteiger partial charge >= 0.3 is 0 Å². The number of hydrogen-bond acceptors (Lipinski definition) is 9. The first-order valence-corrected chi connectivity index (χ1v) is 5.89. The second-order valence-electron chi connectivity index (χ2n) is 4.63. The monoisotopic (exact) mass is 282 g/mol. The van der Waals surface area contributed by atoms with E-state index in [4.69, 9.17) is 19.3 Å². The van der Waals surface area contributed by atoms with E-state index in [-0.39, 0.29) is 13.2 Å². The number of hydrogen-bond donors (Lipinski definition) is 6. The Bertz CT molecular complexity index is 273. The molecule has 0 bridgehead atoms. The van der Waals surface area contributed by atoms with Crippen LogP contribution in [0, 0.1) is 0 Å². The van der Waals surface area contributed by atoms with Gasteiger partial charge in [0, 0.05) is 0 Å². The predicted octanol–water partition coefficient (Wildman–Crippen LogP) is -4.12. The quantitative estimate of drug-likeness (QED) is 0.297. The number of aliphatic hydroxyl groups is 6. The molecule has 2 heterocycles. The molecule has 3 unspecified atom stereocenters. The normalized spacial score (nSPS) is 52.1. The van der Waals surface area contributed by atoms with E-state index >= 15 is 0 Å². The molecular formula is C10H18O9. The molecule has 2 aliphatic heterocycles. The fourth-order valence-corrected chi connectivity index (χ4v) is 1.97. The highest BCUT2D eigenvalue weighted by molar-refractivity contribution is 4.87. The van der Waals surface area contributed by atoms with Crippen molar-refractivity contribution in [2.24, 2.45) is 0 Å². The molecule has 2 rings (SSSR count). The molecule has 0 radical (unpaired) electrons. The highest BCUT2D eigenvalue weighted by Crippen LogP contribution is 2.22. The molecule has 0 aromatic rings. The Balaban J connectivity index is 1.94. The first kappa shape index (κ1) is 15.0. The zero-order valence-electron chi connectivity index (χ0n) is 9.94. The van der Waals surface area contributed by atoms with E-state index in [1.807, 2.05) is 0 Å². The van der Waals surface area contributed by atoms with Crippen LogP contribution in [-0.4, -0.2) is 93.1 Å². The number of aliphatic hydroxyl groups excluding tert-OH is 6. The molecule has 8 atom stereocenters. The third kappa shape index (κ3) is 3.05. The van der Waals surface area contributed by atoms with E-state index in [9.17, 15) is 25.5 Å². The molecule has 0 amide bonds.